The van der Waals surface area contributed by atoms with E-state index in [9.17, 15) is 4.79 Å². The van der Waals surface area contributed by atoms with Gasteiger partial charge >= 0.3 is 5.97 Å². The van der Waals surface area contributed by atoms with E-state index in [2.05, 4.69) is 26.1 Å². The van der Waals surface area contributed by atoms with E-state index in [1.54, 1.807) is 7.11 Å². The molecule has 2 aromatic rings. The van der Waals surface area contributed by atoms with Crippen LogP contribution in [0.15, 0.2) is 10.5 Å². The Bertz CT molecular complexity index is 692. The first-order valence-electron chi connectivity index (χ1n) is 6.00. The molecule has 0 unspecified atom stereocenters. The first kappa shape index (κ1) is 14.6. The molecule has 0 radical (unpaired) electrons. The van der Waals surface area contributed by atoms with Gasteiger partial charge in [-0.05, 0) is 59.5 Å². The maximum absolute atomic E-state index is 11.1. The number of aromatic amines is 1. The van der Waals surface area contributed by atoms with Crippen LogP contribution in [0.5, 0.6) is 5.75 Å². The van der Waals surface area contributed by atoms with E-state index >= 15 is 0 Å². The van der Waals surface area contributed by atoms with Crippen molar-refractivity contribution in [3.63, 3.8) is 0 Å². The molecule has 0 amide bonds. The number of carboxylic acids is 1. The van der Waals surface area contributed by atoms with E-state index in [1.165, 1.54) is 0 Å². The van der Waals surface area contributed by atoms with Crippen LogP contribution < -0.4 is 4.74 Å². The summed E-state index contributed by atoms with van der Waals surface area (Å²) in [6.07, 6.45) is 0. The van der Waals surface area contributed by atoms with Gasteiger partial charge in [0.2, 0.25) is 0 Å². The number of nitrogens with one attached hydrogen (secondary N) is 1. The van der Waals surface area contributed by atoms with Crippen LogP contribution in [0.1, 0.15) is 27.2 Å². The Morgan fingerprint density at radius 2 is 2.00 bits per heavy atom. The highest BCUT2D eigenvalue weighted by Crippen LogP contribution is 2.37. The smallest absolute Gasteiger partial charge is 0.355 e. The van der Waals surface area contributed by atoms with Gasteiger partial charge in [0.25, 0.3) is 0 Å². The van der Waals surface area contributed by atoms with Gasteiger partial charge in [-0.1, -0.05) is 0 Å². The van der Waals surface area contributed by atoms with Crippen molar-refractivity contribution >= 4 is 21.9 Å². The second-order valence-corrected chi connectivity index (χ2v) is 5.38. The van der Waals surface area contributed by atoms with Crippen LogP contribution in [0.25, 0.3) is 11.3 Å². The lowest BCUT2D eigenvalue weighted by Crippen LogP contribution is -1.98. The molecule has 6 heteroatoms. The van der Waals surface area contributed by atoms with Crippen molar-refractivity contribution in [3.8, 4) is 17.0 Å². The van der Waals surface area contributed by atoms with Crippen molar-refractivity contribution in [2.75, 3.05) is 7.11 Å². The molecule has 2 N–H and O–H groups in total. The summed E-state index contributed by atoms with van der Waals surface area (Å²) in [7, 11) is 1.64. The molecule has 0 bridgehead atoms. The van der Waals surface area contributed by atoms with Crippen LogP contribution in [0.2, 0.25) is 0 Å². The summed E-state index contributed by atoms with van der Waals surface area (Å²) >= 11 is 3.30. The van der Waals surface area contributed by atoms with Crippen molar-refractivity contribution in [1.29, 1.82) is 0 Å². The molecule has 20 heavy (non-hydrogen) atoms. The van der Waals surface area contributed by atoms with E-state index in [4.69, 9.17) is 9.84 Å². The summed E-state index contributed by atoms with van der Waals surface area (Å²) in [5.41, 5.74) is 4.54. The van der Waals surface area contributed by atoms with E-state index in [0.717, 1.165) is 28.0 Å². The first-order valence-corrected chi connectivity index (χ1v) is 6.80. The van der Waals surface area contributed by atoms with Crippen molar-refractivity contribution in [3.05, 3.63) is 32.9 Å². The number of carbonyl (C=O) groups is 1. The number of benzene rings is 1. The lowest BCUT2D eigenvalue weighted by Gasteiger charge is -2.14. The van der Waals surface area contributed by atoms with Crippen LogP contribution >= 0.6 is 15.9 Å². The third-order valence-corrected chi connectivity index (χ3v) is 4.18. The largest absolute Gasteiger partial charge is 0.496 e. The molecule has 0 saturated heterocycles. The van der Waals surface area contributed by atoms with Crippen LogP contribution in [-0.2, 0) is 0 Å². The molecule has 1 heterocycles. The molecule has 2 rings (SSSR count). The number of methoxy groups -OCH3 is 1. The molecular weight excluding hydrogens is 324 g/mol. The van der Waals surface area contributed by atoms with E-state index < -0.39 is 5.97 Å². The highest BCUT2D eigenvalue weighted by atomic mass is 79.9. The minimum absolute atomic E-state index is 0.0468. The number of ether oxygens (including phenoxy) is 1. The third-order valence-electron chi connectivity index (χ3n) is 3.41. The standard InChI is InChI=1S/C14H15BrN2O3/c1-6-5-9(7(2)8(3)13(6)20-4)11-10(15)12(14(18)19)17-16-11/h5H,1-4H3,(H,16,17)(H,18,19). The fraction of sp³-hybridized carbons (Fsp3) is 0.286. The second-order valence-electron chi connectivity index (χ2n) is 4.59. The van der Waals surface area contributed by atoms with Crippen molar-refractivity contribution < 1.29 is 14.6 Å². The Morgan fingerprint density at radius 3 is 2.50 bits per heavy atom. The van der Waals surface area contributed by atoms with Crippen LogP contribution in [0.3, 0.4) is 0 Å². The SMILES string of the molecule is COc1c(C)cc(-c2n[nH]c(C(=O)O)c2Br)c(C)c1C. The van der Waals surface area contributed by atoms with Gasteiger partial charge in [-0.3, -0.25) is 5.10 Å². The average molecular weight is 339 g/mol. The third kappa shape index (κ3) is 2.20. The highest BCUT2D eigenvalue weighted by molar-refractivity contribution is 9.10. The maximum Gasteiger partial charge on any atom is 0.355 e. The van der Waals surface area contributed by atoms with Gasteiger partial charge in [0.05, 0.1) is 11.6 Å². The highest BCUT2D eigenvalue weighted by Gasteiger charge is 2.20. The van der Waals surface area contributed by atoms with Crippen molar-refractivity contribution in [1.82, 2.24) is 10.2 Å². The van der Waals surface area contributed by atoms with Gasteiger partial charge in [0.15, 0.2) is 5.69 Å². The quantitative estimate of drug-likeness (QED) is 0.898. The fourth-order valence-electron chi connectivity index (χ4n) is 2.27. The van der Waals surface area contributed by atoms with E-state index in [0.29, 0.717) is 10.2 Å². The van der Waals surface area contributed by atoms with Crippen molar-refractivity contribution in [2.45, 2.75) is 20.8 Å². The number of hydrogen-bond donors (Lipinski definition) is 2. The van der Waals surface area contributed by atoms with E-state index in [-0.39, 0.29) is 5.69 Å². The molecule has 5 nitrogen and oxygen atoms in total. The van der Waals surface area contributed by atoms with Gasteiger partial charge in [0, 0.05) is 5.56 Å². The molecule has 0 fully saturated rings. The number of carboxylic acid groups (broad SMARTS) is 1. The van der Waals surface area contributed by atoms with Crippen molar-refractivity contribution in [2.24, 2.45) is 0 Å². The summed E-state index contributed by atoms with van der Waals surface area (Å²) in [4.78, 5) is 11.1. The number of nitrogens with zero attached hydrogens (tertiary/aromatic N) is 1. The molecule has 1 aromatic carbocycles. The second kappa shape index (κ2) is 5.28. The molecule has 0 aliphatic heterocycles. The zero-order chi connectivity index (χ0) is 15.0. The summed E-state index contributed by atoms with van der Waals surface area (Å²) in [6.45, 7) is 5.89. The molecule has 0 aliphatic carbocycles. The molecule has 0 aliphatic rings. The molecule has 0 atom stereocenters. The van der Waals surface area contributed by atoms with Gasteiger partial charge < -0.3 is 9.84 Å². The Morgan fingerprint density at radius 1 is 1.35 bits per heavy atom. The van der Waals surface area contributed by atoms with Crippen LogP contribution in [0, 0.1) is 20.8 Å². The summed E-state index contributed by atoms with van der Waals surface area (Å²) in [5.74, 6) is -0.202. The predicted octanol–water partition coefficient (Wildman–Crippen LogP) is 3.47. The van der Waals surface area contributed by atoms with Gasteiger partial charge in [-0.2, -0.15) is 5.10 Å². The molecule has 1 aromatic heterocycles. The number of H-pyrrole nitrogens is 1. The Kier molecular flexibility index (Phi) is 3.85. The number of aromatic nitrogens is 2. The Labute approximate surface area is 125 Å². The molecule has 106 valence electrons. The van der Waals surface area contributed by atoms with Gasteiger partial charge in [-0.15, -0.1) is 0 Å². The molecule has 0 saturated carbocycles. The minimum atomic E-state index is -1.05. The molecule has 0 spiro atoms. The summed E-state index contributed by atoms with van der Waals surface area (Å²) in [6, 6.07) is 1.95. The zero-order valence-electron chi connectivity index (χ0n) is 11.7. The minimum Gasteiger partial charge on any atom is -0.496 e. The number of rotatable bonds is 3. The van der Waals surface area contributed by atoms with Gasteiger partial charge in [0.1, 0.15) is 11.4 Å². The monoisotopic (exact) mass is 338 g/mol. The first-order chi connectivity index (χ1) is 9.38. The molecular formula is C14H15BrN2O3. The fourth-order valence-corrected chi connectivity index (χ4v) is 2.83. The summed E-state index contributed by atoms with van der Waals surface area (Å²) < 4.78 is 5.84. The lowest BCUT2D eigenvalue weighted by atomic mass is 9.96. The topological polar surface area (TPSA) is 75.2 Å². The normalized spacial score (nSPS) is 10.7. The predicted molar refractivity (Wildman–Crippen MR) is 79.4 cm³/mol. The van der Waals surface area contributed by atoms with Crippen LogP contribution in [-0.4, -0.2) is 28.4 Å². The average Bonchev–Trinajstić information content (AvgIpc) is 2.76. The Hall–Kier alpha value is -1.82. The number of hydrogen-bond acceptors (Lipinski definition) is 3. The number of aryl methyl sites for hydroxylation is 1. The Balaban J connectivity index is 2.68. The van der Waals surface area contributed by atoms with Gasteiger partial charge in [-0.25, -0.2) is 4.79 Å². The number of halogens is 1. The summed E-state index contributed by atoms with van der Waals surface area (Å²) in [5, 5.41) is 15.7. The lowest BCUT2D eigenvalue weighted by molar-refractivity contribution is 0.0689. The van der Waals surface area contributed by atoms with E-state index in [1.807, 2.05) is 26.8 Å². The zero-order valence-corrected chi connectivity index (χ0v) is 13.3. The van der Waals surface area contributed by atoms with Crippen LogP contribution in [0.4, 0.5) is 0 Å². The maximum atomic E-state index is 11.1. The number of aromatic carboxylic acids is 1.